The molecule has 3 rings (SSSR count). The monoisotopic (exact) mass is 517 g/mol. The fraction of sp³-hybridized carbons (Fsp3) is 0.690. The van der Waals surface area contributed by atoms with Crippen LogP contribution < -0.4 is 5.32 Å². The zero-order valence-electron chi connectivity index (χ0n) is 23.8. The highest BCUT2D eigenvalue weighted by Crippen LogP contribution is 2.50. The molecule has 2 aliphatic carbocycles. The highest BCUT2D eigenvalue weighted by atomic mass is 32.2. The number of esters is 1. The number of hydrogen-bond acceptors (Lipinski definition) is 7. The van der Waals surface area contributed by atoms with E-state index in [9.17, 15) is 9.59 Å². The second-order valence-electron chi connectivity index (χ2n) is 11.2. The third-order valence-electron chi connectivity index (χ3n) is 7.98. The van der Waals surface area contributed by atoms with Crippen molar-refractivity contribution in [1.82, 2.24) is 9.62 Å². The molecule has 2 bridgehead atoms. The number of likely N-dealkylation sites (N-methyl/N-ethyl adjacent to an activating group) is 1. The first-order chi connectivity index (χ1) is 17.0. The van der Waals surface area contributed by atoms with Gasteiger partial charge in [-0.1, -0.05) is 26.0 Å². The molecule has 0 amide bonds. The molecule has 0 spiro atoms. The molecule has 0 aliphatic heterocycles. The van der Waals surface area contributed by atoms with Crippen molar-refractivity contribution in [2.45, 2.75) is 90.1 Å². The van der Waals surface area contributed by atoms with Gasteiger partial charge < -0.3 is 14.8 Å². The first-order valence-corrected chi connectivity index (χ1v) is 14.0. The minimum atomic E-state index is -0.500. The standard InChI is InChI=1S/C15H22N2OS.C14H25NO2/c1-6-12-9-8-10-13(14(12)16-7-2)19-17(5)15(3,4)11-18;1-9-5-10-6-11(12(9)15-3)8-14(2,7-10)13(16)17-4/h7-11H,6H2,1-5H3;9-12,15H,5-8H2,1-4H3. The van der Waals surface area contributed by atoms with Crippen molar-refractivity contribution in [2.24, 2.45) is 28.2 Å². The van der Waals surface area contributed by atoms with Gasteiger partial charge in [0.15, 0.2) is 0 Å². The number of aliphatic imine (C=N–C) groups is 1. The quantitative estimate of drug-likeness (QED) is 0.195. The smallest absolute Gasteiger partial charge is 0.311 e. The van der Waals surface area contributed by atoms with E-state index in [1.165, 1.54) is 25.5 Å². The first-order valence-electron chi connectivity index (χ1n) is 13.2. The maximum atomic E-state index is 12.0. The van der Waals surface area contributed by atoms with Crippen LogP contribution in [-0.4, -0.2) is 55.6 Å². The molecule has 2 saturated carbocycles. The zero-order chi connectivity index (χ0) is 27.1. The number of fused-ring (bicyclic) bond motifs is 2. The van der Waals surface area contributed by atoms with E-state index >= 15 is 0 Å². The summed E-state index contributed by atoms with van der Waals surface area (Å²) in [4.78, 5) is 28.6. The molecule has 0 radical (unpaired) electrons. The van der Waals surface area contributed by atoms with Crippen LogP contribution in [0.1, 0.15) is 72.8 Å². The Labute approximate surface area is 223 Å². The average molecular weight is 518 g/mol. The third-order valence-corrected chi connectivity index (χ3v) is 9.25. The number of benzene rings is 1. The number of aldehydes is 1. The predicted octanol–water partition coefficient (Wildman–Crippen LogP) is 6.10. The molecule has 36 heavy (non-hydrogen) atoms. The minimum Gasteiger partial charge on any atom is -0.469 e. The van der Waals surface area contributed by atoms with Crippen LogP contribution in [0, 0.1) is 23.2 Å². The number of rotatable bonds is 8. The molecular formula is C29H47N3O3S. The van der Waals surface area contributed by atoms with Crippen LogP contribution in [0.25, 0.3) is 0 Å². The van der Waals surface area contributed by atoms with Crippen LogP contribution in [-0.2, 0) is 20.7 Å². The Bertz CT molecular complexity index is 917. The van der Waals surface area contributed by atoms with E-state index in [4.69, 9.17) is 4.74 Å². The molecular weight excluding hydrogens is 470 g/mol. The van der Waals surface area contributed by atoms with E-state index in [0.717, 1.165) is 42.0 Å². The van der Waals surface area contributed by atoms with E-state index in [0.29, 0.717) is 17.9 Å². The lowest BCUT2D eigenvalue weighted by molar-refractivity contribution is -0.158. The molecule has 2 aliphatic rings. The second kappa shape index (κ2) is 13.2. The Morgan fingerprint density at radius 1 is 1.33 bits per heavy atom. The summed E-state index contributed by atoms with van der Waals surface area (Å²) in [6, 6.07) is 6.74. The van der Waals surface area contributed by atoms with Crippen LogP contribution in [0.4, 0.5) is 5.69 Å². The molecule has 0 heterocycles. The van der Waals surface area contributed by atoms with Crippen LogP contribution in [0.5, 0.6) is 0 Å². The Morgan fingerprint density at radius 2 is 2.03 bits per heavy atom. The maximum Gasteiger partial charge on any atom is 0.311 e. The number of para-hydroxylation sites is 1. The van der Waals surface area contributed by atoms with Gasteiger partial charge in [0.2, 0.25) is 0 Å². The molecule has 0 aromatic heterocycles. The molecule has 6 nitrogen and oxygen atoms in total. The van der Waals surface area contributed by atoms with Gasteiger partial charge in [0.05, 0.1) is 23.8 Å². The van der Waals surface area contributed by atoms with Gasteiger partial charge in [-0.25, -0.2) is 4.31 Å². The minimum absolute atomic E-state index is 0.0170. The van der Waals surface area contributed by atoms with Gasteiger partial charge in [-0.05, 0) is 115 Å². The highest BCUT2D eigenvalue weighted by molar-refractivity contribution is 7.97. The molecule has 1 aromatic carbocycles. The predicted molar refractivity (Wildman–Crippen MR) is 151 cm³/mol. The summed E-state index contributed by atoms with van der Waals surface area (Å²) >= 11 is 1.56. The van der Waals surface area contributed by atoms with Crippen molar-refractivity contribution in [3.63, 3.8) is 0 Å². The van der Waals surface area contributed by atoms with Crippen molar-refractivity contribution >= 4 is 36.1 Å². The Hall–Kier alpha value is -1.70. The van der Waals surface area contributed by atoms with Crippen LogP contribution in [0.3, 0.4) is 0 Å². The first kappa shape index (κ1) is 30.5. The van der Waals surface area contributed by atoms with Crippen molar-refractivity contribution in [3.05, 3.63) is 23.8 Å². The van der Waals surface area contributed by atoms with Gasteiger partial charge in [-0.2, -0.15) is 0 Å². The Morgan fingerprint density at radius 3 is 2.58 bits per heavy atom. The Balaban J connectivity index is 0.000000255. The molecule has 1 N–H and O–H groups in total. The molecule has 202 valence electrons. The largest absolute Gasteiger partial charge is 0.469 e. The number of aryl methyl sites for hydroxylation is 1. The van der Waals surface area contributed by atoms with Crippen molar-refractivity contribution in [2.75, 3.05) is 21.2 Å². The van der Waals surface area contributed by atoms with Crippen molar-refractivity contribution in [1.29, 1.82) is 0 Å². The zero-order valence-corrected chi connectivity index (χ0v) is 24.6. The fourth-order valence-corrected chi connectivity index (χ4v) is 6.94. The number of nitrogens with one attached hydrogen (secondary N) is 1. The fourth-order valence-electron chi connectivity index (χ4n) is 5.96. The van der Waals surface area contributed by atoms with Crippen molar-refractivity contribution in [3.8, 4) is 0 Å². The number of hydrogen-bond donors (Lipinski definition) is 1. The SMILES string of the molecule is CC=Nc1c(CC)cccc1SN(C)C(C)(C)C=O.CNC1C(C)CC2CC1CC(C)(C(=O)OC)C2. The van der Waals surface area contributed by atoms with E-state index in [1.807, 2.05) is 57.5 Å². The summed E-state index contributed by atoms with van der Waals surface area (Å²) < 4.78 is 6.96. The van der Waals surface area contributed by atoms with Gasteiger partial charge in [-0.15, -0.1) is 0 Å². The number of ether oxygens (including phenoxy) is 1. The normalized spacial score (nSPS) is 27.9. The van der Waals surface area contributed by atoms with Gasteiger partial charge in [0, 0.05) is 17.2 Å². The summed E-state index contributed by atoms with van der Waals surface area (Å²) in [6.07, 6.45) is 8.23. The maximum absolute atomic E-state index is 12.0. The van der Waals surface area contributed by atoms with E-state index in [1.54, 1.807) is 11.9 Å². The molecule has 5 unspecified atom stereocenters. The van der Waals surface area contributed by atoms with E-state index in [2.05, 4.69) is 37.1 Å². The summed E-state index contributed by atoms with van der Waals surface area (Å²) in [7, 11) is 5.48. The Kier molecular flexibility index (Phi) is 11.2. The van der Waals surface area contributed by atoms with Crippen LogP contribution in [0.15, 0.2) is 28.1 Å². The lowest BCUT2D eigenvalue weighted by Crippen LogP contribution is -2.51. The molecule has 5 atom stereocenters. The topological polar surface area (TPSA) is 71.0 Å². The molecule has 1 aromatic rings. The third kappa shape index (κ3) is 7.20. The summed E-state index contributed by atoms with van der Waals surface area (Å²) in [5.41, 5.74) is 1.48. The van der Waals surface area contributed by atoms with Gasteiger partial charge in [-0.3, -0.25) is 9.79 Å². The van der Waals surface area contributed by atoms with Crippen LogP contribution >= 0.6 is 11.9 Å². The van der Waals surface area contributed by atoms with E-state index in [-0.39, 0.29) is 11.4 Å². The van der Waals surface area contributed by atoms with Gasteiger partial charge in [0.1, 0.15) is 6.29 Å². The lowest BCUT2D eigenvalue weighted by atomic mass is 9.58. The van der Waals surface area contributed by atoms with Gasteiger partial charge in [0.25, 0.3) is 0 Å². The summed E-state index contributed by atoms with van der Waals surface area (Å²) in [5, 5.41) is 3.45. The number of carbonyl (C=O) groups excluding carboxylic acids is 2. The van der Waals surface area contributed by atoms with E-state index < -0.39 is 5.54 Å². The number of nitrogens with zero attached hydrogens (tertiary/aromatic N) is 2. The number of carbonyl (C=O) groups is 2. The summed E-state index contributed by atoms with van der Waals surface area (Å²) in [5.74, 6) is 2.05. The second-order valence-corrected chi connectivity index (χ2v) is 12.4. The van der Waals surface area contributed by atoms with Gasteiger partial charge >= 0.3 is 5.97 Å². The lowest BCUT2D eigenvalue weighted by Gasteiger charge is -2.49. The number of methoxy groups -OCH3 is 1. The van der Waals surface area contributed by atoms with Crippen LogP contribution in [0.2, 0.25) is 0 Å². The molecule has 0 saturated heterocycles. The van der Waals surface area contributed by atoms with Crippen molar-refractivity contribution < 1.29 is 14.3 Å². The average Bonchev–Trinajstić information content (AvgIpc) is 2.84. The summed E-state index contributed by atoms with van der Waals surface area (Å²) in [6.45, 7) is 12.3. The highest BCUT2D eigenvalue weighted by Gasteiger charge is 2.48. The molecule has 7 heteroatoms. The molecule has 2 fully saturated rings.